The number of hydrogen-bond acceptors (Lipinski definition) is 3. The van der Waals surface area contributed by atoms with E-state index in [1.165, 1.54) is 10.9 Å². The summed E-state index contributed by atoms with van der Waals surface area (Å²) in [5, 5.41) is 4.98. The quantitative estimate of drug-likeness (QED) is 0.812. The number of nitrogens with zero attached hydrogens (tertiary/aromatic N) is 2. The Morgan fingerprint density at radius 2 is 2.17 bits per heavy atom. The SMILES string of the molecule is CCOC(=O)c1cnn(-c2ccc(Cl)c(Cl)c2)c1. The van der Waals surface area contributed by atoms with Crippen molar-refractivity contribution in [3.05, 3.63) is 46.2 Å². The summed E-state index contributed by atoms with van der Waals surface area (Å²) in [7, 11) is 0. The van der Waals surface area contributed by atoms with E-state index in [4.69, 9.17) is 27.9 Å². The number of carbonyl (C=O) groups is 1. The Kier molecular flexibility index (Phi) is 3.89. The summed E-state index contributed by atoms with van der Waals surface area (Å²) >= 11 is 11.7. The second-order valence-corrected chi connectivity index (χ2v) is 4.31. The lowest BCUT2D eigenvalue weighted by atomic mass is 10.3. The molecule has 94 valence electrons. The summed E-state index contributed by atoms with van der Waals surface area (Å²) in [5.74, 6) is -0.399. The molecule has 0 saturated carbocycles. The molecule has 1 heterocycles. The van der Waals surface area contributed by atoms with Gasteiger partial charge in [-0.05, 0) is 25.1 Å². The average molecular weight is 285 g/mol. The molecule has 4 nitrogen and oxygen atoms in total. The van der Waals surface area contributed by atoms with Gasteiger partial charge in [-0.2, -0.15) is 5.10 Å². The van der Waals surface area contributed by atoms with Gasteiger partial charge < -0.3 is 4.74 Å². The molecule has 0 radical (unpaired) electrons. The highest BCUT2D eigenvalue weighted by Gasteiger charge is 2.10. The molecular weight excluding hydrogens is 275 g/mol. The van der Waals surface area contributed by atoms with Gasteiger partial charge in [0.25, 0.3) is 0 Å². The van der Waals surface area contributed by atoms with Crippen LogP contribution in [0.15, 0.2) is 30.6 Å². The van der Waals surface area contributed by atoms with Gasteiger partial charge in [-0.1, -0.05) is 23.2 Å². The highest BCUT2D eigenvalue weighted by molar-refractivity contribution is 6.42. The summed E-state index contributed by atoms with van der Waals surface area (Å²) < 4.78 is 6.42. The van der Waals surface area contributed by atoms with Crippen LogP contribution in [0.4, 0.5) is 0 Å². The van der Waals surface area contributed by atoms with E-state index in [9.17, 15) is 4.79 Å². The number of hydrogen-bond donors (Lipinski definition) is 0. The van der Waals surface area contributed by atoms with Crippen molar-refractivity contribution >= 4 is 29.2 Å². The number of halogens is 2. The molecule has 0 unspecified atom stereocenters. The van der Waals surface area contributed by atoms with Crippen LogP contribution >= 0.6 is 23.2 Å². The monoisotopic (exact) mass is 284 g/mol. The average Bonchev–Trinajstić information content (AvgIpc) is 2.82. The summed E-state index contributed by atoms with van der Waals surface area (Å²) in [6, 6.07) is 5.10. The van der Waals surface area contributed by atoms with E-state index in [2.05, 4.69) is 5.10 Å². The topological polar surface area (TPSA) is 44.1 Å². The van der Waals surface area contributed by atoms with Crippen molar-refractivity contribution in [3.8, 4) is 5.69 Å². The molecule has 2 aromatic rings. The summed E-state index contributed by atoms with van der Waals surface area (Å²) in [5.41, 5.74) is 1.11. The Labute approximate surface area is 114 Å². The highest BCUT2D eigenvalue weighted by atomic mass is 35.5. The molecule has 0 saturated heterocycles. The number of carbonyl (C=O) groups excluding carboxylic acids is 1. The van der Waals surface area contributed by atoms with Crippen molar-refractivity contribution in [1.29, 1.82) is 0 Å². The molecular formula is C12H10Cl2N2O2. The molecule has 0 bridgehead atoms. The zero-order chi connectivity index (χ0) is 13.1. The molecule has 18 heavy (non-hydrogen) atoms. The fourth-order valence-corrected chi connectivity index (χ4v) is 1.70. The van der Waals surface area contributed by atoms with E-state index in [0.29, 0.717) is 22.2 Å². The van der Waals surface area contributed by atoms with Crippen molar-refractivity contribution in [2.45, 2.75) is 6.92 Å². The molecule has 0 N–H and O–H groups in total. The Bertz CT molecular complexity index is 581. The Morgan fingerprint density at radius 3 is 2.83 bits per heavy atom. The fourth-order valence-electron chi connectivity index (χ4n) is 1.41. The van der Waals surface area contributed by atoms with Crippen molar-refractivity contribution < 1.29 is 9.53 Å². The second kappa shape index (κ2) is 5.42. The van der Waals surface area contributed by atoms with E-state index in [-0.39, 0.29) is 0 Å². The first-order valence-electron chi connectivity index (χ1n) is 5.29. The van der Waals surface area contributed by atoms with Crippen LogP contribution < -0.4 is 0 Å². The van der Waals surface area contributed by atoms with Crippen LogP contribution in [0, 0.1) is 0 Å². The summed E-state index contributed by atoms with van der Waals surface area (Å²) in [6.45, 7) is 2.08. The first-order valence-corrected chi connectivity index (χ1v) is 6.04. The molecule has 1 aromatic carbocycles. The normalized spacial score (nSPS) is 10.4. The molecule has 0 aliphatic rings. The predicted octanol–water partition coefficient (Wildman–Crippen LogP) is 3.36. The van der Waals surface area contributed by atoms with Crippen LogP contribution in [0.5, 0.6) is 0 Å². The number of benzene rings is 1. The lowest BCUT2D eigenvalue weighted by molar-refractivity contribution is 0.0526. The lowest BCUT2D eigenvalue weighted by Crippen LogP contribution is -2.03. The number of esters is 1. The van der Waals surface area contributed by atoms with Crippen LogP contribution in [0.2, 0.25) is 10.0 Å². The zero-order valence-electron chi connectivity index (χ0n) is 9.56. The van der Waals surface area contributed by atoms with Crippen molar-refractivity contribution in [2.24, 2.45) is 0 Å². The summed E-state index contributed by atoms with van der Waals surface area (Å²) in [6.07, 6.45) is 3.03. The molecule has 0 spiro atoms. The van der Waals surface area contributed by atoms with E-state index in [1.807, 2.05) is 0 Å². The van der Waals surface area contributed by atoms with E-state index in [1.54, 1.807) is 31.3 Å². The molecule has 2 rings (SSSR count). The van der Waals surface area contributed by atoms with E-state index in [0.717, 1.165) is 5.69 Å². The predicted molar refractivity (Wildman–Crippen MR) is 69.5 cm³/mol. The number of aromatic nitrogens is 2. The van der Waals surface area contributed by atoms with Crippen LogP contribution in [-0.4, -0.2) is 22.4 Å². The Hall–Kier alpha value is -1.52. The van der Waals surface area contributed by atoms with Gasteiger partial charge in [0.05, 0.1) is 34.1 Å². The Morgan fingerprint density at radius 1 is 1.39 bits per heavy atom. The van der Waals surface area contributed by atoms with Crippen LogP contribution in [0.3, 0.4) is 0 Å². The van der Waals surface area contributed by atoms with Gasteiger partial charge in [0.15, 0.2) is 0 Å². The largest absolute Gasteiger partial charge is 0.462 e. The minimum absolute atomic E-state index is 0.330. The smallest absolute Gasteiger partial charge is 0.341 e. The zero-order valence-corrected chi connectivity index (χ0v) is 11.1. The first kappa shape index (κ1) is 12.9. The van der Waals surface area contributed by atoms with Gasteiger partial charge in [0.1, 0.15) is 0 Å². The van der Waals surface area contributed by atoms with Crippen molar-refractivity contribution in [2.75, 3.05) is 6.61 Å². The van der Waals surface area contributed by atoms with Crippen LogP contribution in [0.1, 0.15) is 17.3 Å². The third-order valence-electron chi connectivity index (χ3n) is 2.26. The third-order valence-corrected chi connectivity index (χ3v) is 3.00. The maximum absolute atomic E-state index is 11.5. The van der Waals surface area contributed by atoms with E-state index >= 15 is 0 Å². The molecule has 0 fully saturated rings. The molecule has 0 atom stereocenters. The first-order chi connectivity index (χ1) is 8.61. The molecule has 6 heteroatoms. The van der Waals surface area contributed by atoms with Gasteiger partial charge >= 0.3 is 5.97 Å². The molecule has 0 aliphatic heterocycles. The van der Waals surface area contributed by atoms with Crippen LogP contribution in [-0.2, 0) is 4.74 Å². The fraction of sp³-hybridized carbons (Fsp3) is 0.167. The number of rotatable bonds is 3. The van der Waals surface area contributed by atoms with Crippen molar-refractivity contribution in [3.63, 3.8) is 0 Å². The van der Waals surface area contributed by atoms with Gasteiger partial charge in [-0.3, -0.25) is 0 Å². The van der Waals surface area contributed by atoms with Crippen molar-refractivity contribution in [1.82, 2.24) is 9.78 Å². The highest BCUT2D eigenvalue weighted by Crippen LogP contribution is 2.24. The minimum atomic E-state index is -0.399. The molecule has 0 amide bonds. The molecule has 1 aromatic heterocycles. The number of ether oxygens (including phenoxy) is 1. The standard InChI is InChI=1S/C12H10Cl2N2O2/c1-2-18-12(17)8-6-15-16(7-8)9-3-4-10(13)11(14)5-9/h3-7H,2H2,1H3. The third kappa shape index (κ3) is 2.66. The van der Waals surface area contributed by atoms with Crippen LogP contribution in [0.25, 0.3) is 5.69 Å². The maximum Gasteiger partial charge on any atom is 0.341 e. The Balaban J connectivity index is 2.29. The lowest BCUT2D eigenvalue weighted by Gasteiger charge is -2.02. The van der Waals surface area contributed by atoms with Gasteiger partial charge in [0, 0.05) is 6.20 Å². The van der Waals surface area contributed by atoms with E-state index < -0.39 is 5.97 Å². The van der Waals surface area contributed by atoms with Gasteiger partial charge in [-0.25, -0.2) is 9.48 Å². The maximum atomic E-state index is 11.5. The molecule has 0 aliphatic carbocycles. The second-order valence-electron chi connectivity index (χ2n) is 3.49. The minimum Gasteiger partial charge on any atom is -0.462 e. The van der Waals surface area contributed by atoms with Gasteiger partial charge in [-0.15, -0.1) is 0 Å². The van der Waals surface area contributed by atoms with Gasteiger partial charge in [0.2, 0.25) is 0 Å². The summed E-state index contributed by atoms with van der Waals surface area (Å²) in [4.78, 5) is 11.5.